The Morgan fingerprint density at radius 2 is 2.05 bits per heavy atom. The van der Waals surface area contributed by atoms with Gasteiger partial charge in [-0.25, -0.2) is 0 Å². The second-order valence-corrected chi connectivity index (χ2v) is 5.26. The Kier molecular flexibility index (Phi) is 3.25. The Morgan fingerprint density at radius 1 is 1.26 bits per heavy atom. The maximum atomic E-state index is 5.83. The molecular weight excluding hydrogens is 256 g/mol. The molecule has 0 atom stereocenters. The van der Waals surface area contributed by atoms with Crippen LogP contribution in [0.5, 0.6) is 0 Å². The summed E-state index contributed by atoms with van der Waals surface area (Å²) in [4.78, 5) is 2.79. The number of hydrogen-bond donors (Lipinski definition) is 1. The number of benzene rings is 1. The third-order valence-corrected chi connectivity index (χ3v) is 3.59. The lowest BCUT2D eigenvalue weighted by Crippen LogP contribution is -2.27. The molecule has 1 heterocycles. The first kappa shape index (κ1) is 12.2. The van der Waals surface area contributed by atoms with Crippen LogP contribution in [0.1, 0.15) is 24.2 Å². The lowest BCUT2D eigenvalue weighted by molar-refractivity contribution is 0.501. The zero-order valence-electron chi connectivity index (χ0n) is 10.6. The zero-order valence-corrected chi connectivity index (χ0v) is 11.4. The van der Waals surface area contributed by atoms with Crippen molar-refractivity contribution in [3.8, 4) is 0 Å². The topological polar surface area (TPSA) is 42.4 Å². The van der Waals surface area contributed by atoms with Crippen LogP contribution in [0.3, 0.4) is 0 Å². The minimum atomic E-state index is 0.445. The number of thiocarbonyl (C=S) groups is 1. The maximum absolute atomic E-state index is 5.83. The molecule has 1 aliphatic rings. The van der Waals surface area contributed by atoms with Crippen LogP contribution in [-0.4, -0.2) is 11.0 Å². The molecular formula is C15H16N2OS. The summed E-state index contributed by atoms with van der Waals surface area (Å²) in [6, 6.07) is 12.5. The molecule has 0 aliphatic heterocycles. The molecule has 3 rings (SSSR count). The quantitative estimate of drug-likeness (QED) is 0.849. The van der Waals surface area contributed by atoms with Crippen LogP contribution in [-0.2, 0) is 6.54 Å². The Balaban J connectivity index is 1.94. The fraction of sp³-hybridized carbons (Fsp3) is 0.267. The molecule has 1 aliphatic carbocycles. The lowest BCUT2D eigenvalue weighted by atomic mass is 10.1. The van der Waals surface area contributed by atoms with Crippen molar-refractivity contribution in [2.45, 2.75) is 25.4 Å². The Bertz CT molecular complexity index is 576. The average molecular weight is 272 g/mol. The molecule has 0 amide bonds. The lowest BCUT2D eigenvalue weighted by Gasteiger charge is -2.26. The van der Waals surface area contributed by atoms with Gasteiger partial charge in [-0.3, -0.25) is 0 Å². The van der Waals surface area contributed by atoms with Crippen molar-refractivity contribution in [2.75, 3.05) is 4.90 Å². The van der Waals surface area contributed by atoms with Crippen LogP contribution in [0.15, 0.2) is 47.1 Å². The molecule has 0 radical (unpaired) electrons. The predicted molar refractivity (Wildman–Crippen MR) is 80.2 cm³/mol. The Labute approximate surface area is 118 Å². The number of rotatable bonds is 5. The van der Waals surface area contributed by atoms with Crippen molar-refractivity contribution in [1.29, 1.82) is 0 Å². The minimum Gasteiger partial charge on any atom is -0.467 e. The first-order chi connectivity index (χ1) is 9.25. The molecule has 0 unspecified atom stereocenters. The van der Waals surface area contributed by atoms with Gasteiger partial charge in [-0.05, 0) is 37.1 Å². The van der Waals surface area contributed by atoms with E-state index in [0.717, 1.165) is 23.6 Å². The zero-order chi connectivity index (χ0) is 13.2. The average Bonchev–Trinajstić information content (AvgIpc) is 3.13. The van der Waals surface area contributed by atoms with Crippen LogP contribution in [0, 0.1) is 0 Å². The van der Waals surface area contributed by atoms with Crippen molar-refractivity contribution in [3.63, 3.8) is 0 Å². The highest BCUT2D eigenvalue weighted by Crippen LogP contribution is 2.35. The molecule has 1 aromatic carbocycles. The molecule has 0 bridgehead atoms. The van der Waals surface area contributed by atoms with E-state index in [2.05, 4.69) is 11.0 Å². The van der Waals surface area contributed by atoms with E-state index in [1.807, 2.05) is 30.3 Å². The summed E-state index contributed by atoms with van der Waals surface area (Å²) >= 11 is 5.15. The van der Waals surface area contributed by atoms with Crippen molar-refractivity contribution in [2.24, 2.45) is 5.73 Å². The van der Waals surface area contributed by atoms with Gasteiger partial charge in [0.25, 0.3) is 0 Å². The van der Waals surface area contributed by atoms with Crippen LogP contribution in [0.25, 0.3) is 0 Å². The molecule has 4 heteroatoms. The van der Waals surface area contributed by atoms with Gasteiger partial charge in [0.05, 0.1) is 12.8 Å². The number of nitrogens with two attached hydrogens (primary N) is 1. The first-order valence-corrected chi connectivity index (χ1v) is 6.84. The van der Waals surface area contributed by atoms with E-state index in [0.29, 0.717) is 11.0 Å². The summed E-state index contributed by atoms with van der Waals surface area (Å²) in [5.74, 6) is 0.963. The van der Waals surface area contributed by atoms with Gasteiger partial charge in [0.1, 0.15) is 10.7 Å². The summed E-state index contributed by atoms with van der Waals surface area (Å²) in [6.07, 6.45) is 4.14. The van der Waals surface area contributed by atoms with Gasteiger partial charge in [0, 0.05) is 17.3 Å². The van der Waals surface area contributed by atoms with Crippen molar-refractivity contribution >= 4 is 22.9 Å². The van der Waals surface area contributed by atoms with Gasteiger partial charge >= 0.3 is 0 Å². The summed E-state index contributed by atoms with van der Waals surface area (Å²) in [6.45, 7) is 0.761. The second kappa shape index (κ2) is 5.05. The van der Waals surface area contributed by atoms with E-state index < -0.39 is 0 Å². The Hall–Kier alpha value is -1.81. The monoisotopic (exact) mass is 272 g/mol. The summed E-state index contributed by atoms with van der Waals surface area (Å²) in [7, 11) is 0. The fourth-order valence-corrected chi connectivity index (χ4v) is 2.47. The van der Waals surface area contributed by atoms with Crippen LogP contribution in [0.4, 0.5) is 5.69 Å². The van der Waals surface area contributed by atoms with E-state index in [4.69, 9.17) is 22.4 Å². The number of hydrogen-bond acceptors (Lipinski definition) is 3. The minimum absolute atomic E-state index is 0.445. The number of furan rings is 1. The molecule has 1 aromatic heterocycles. The van der Waals surface area contributed by atoms with Crippen LogP contribution < -0.4 is 10.6 Å². The van der Waals surface area contributed by atoms with E-state index >= 15 is 0 Å². The van der Waals surface area contributed by atoms with Gasteiger partial charge in [0.15, 0.2) is 0 Å². The second-order valence-electron chi connectivity index (χ2n) is 4.82. The third-order valence-electron chi connectivity index (χ3n) is 3.37. The molecule has 19 heavy (non-hydrogen) atoms. The van der Waals surface area contributed by atoms with Gasteiger partial charge in [-0.15, -0.1) is 0 Å². The first-order valence-electron chi connectivity index (χ1n) is 6.43. The van der Waals surface area contributed by atoms with Gasteiger partial charge < -0.3 is 15.1 Å². The molecule has 2 N–H and O–H groups in total. The number of para-hydroxylation sites is 1. The molecule has 98 valence electrons. The van der Waals surface area contributed by atoms with Crippen molar-refractivity contribution in [3.05, 3.63) is 54.0 Å². The standard InChI is InChI=1S/C15H16N2OS/c16-15(19)13-5-1-2-6-14(13)17(11-7-8-11)10-12-4-3-9-18-12/h1-6,9,11H,7-8,10H2,(H2,16,19). The van der Waals surface area contributed by atoms with E-state index in [1.165, 1.54) is 12.8 Å². The highest BCUT2D eigenvalue weighted by Gasteiger charge is 2.31. The summed E-state index contributed by atoms with van der Waals surface area (Å²) < 4.78 is 5.46. The van der Waals surface area contributed by atoms with Gasteiger partial charge in [0.2, 0.25) is 0 Å². The number of nitrogens with zero attached hydrogens (tertiary/aromatic N) is 1. The van der Waals surface area contributed by atoms with Gasteiger partial charge in [-0.1, -0.05) is 24.4 Å². The SMILES string of the molecule is NC(=S)c1ccccc1N(Cc1ccco1)C1CC1. The highest BCUT2D eigenvalue weighted by molar-refractivity contribution is 7.80. The molecule has 2 aromatic rings. The van der Waals surface area contributed by atoms with E-state index in [-0.39, 0.29) is 0 Å². The highest BCUT2D eigenvalue weighted by atomic mass is 32.1. The largest absolute Gasteiger partial charge is 0.467 e. The number of anilines is 1. The van der Waals surface area contributed by atoms with E-state index in [9.17, 15) is 0 Å². The predicted octanol–water partition coefficient (Wildman–Crippen LogP) is 3.08. The molecule has 1 saturated carbocycles. The Morgan fingerprint density at radius 3 is 2.68 bits per heavy atom. The molecule has 1 fully saturated rings. The molecule has 0 spiro atoms. The molecule has 3 nitrogen and oxygen atoms in total. The normalized spacial score (nSPS) is 14.3. The smallest absolute Gasteiger partial charge is 0.123 e. The summed E-state index contributed by atoms with van der Waals surface area (Å²) in [5, 5.41) is 0. The fourth-order valence-electron chi connectivity index (χ4n) is 2.30. The third kappa shape index (κ3) is 2.63. The van der Waals surface area contributed by atoms with Crippen LogP contribution >= 0.6 is 12.2 Å². The maximum Gasteiger partial charge on any atom is 0.123 e. The summed E-state index contributed by atoms with van der Waals surface area (Å²) in [5.41, 5.74) is 7.87. The molecule has 0 saturated heterocycles. The van der Waals surface area contributed by atoms with E-state index in [1.54, 1.807) is 6.26 Å². The van der Waals surface area contributed by atoms with Crippen molar-refractivity contribution in [1.82, 2.24) is 0 Å². The van der Waals surface area contributed by atoms with Gasteiger partial charge in [-0.2, -0.15) is 0 Å². The van der Waals surface area contributed by atoms with Crippen molar-refractivity contribution < 1.29 is 4.42 Å². The van der Waals surface area contributed by atoms with Crippen LogP contribution in [0.2, 0.25) is 0 Å².